The topological polar surface area (TPSA) is 54.3 Å². The molecule has 5 heteroatoms. The molecule has 0 atom stereocenters. The molecule has 0 aromatic carbocycles. The summed E-state index contributed by atoms with van der Waals surface area (Å²) in [5.74, 6) is -0.129. The zero-order chi connectivity index (χ0) is 13.3. The molecule has 1 fully saturated rings. The van der Waals surface area contributed by atoms with Crippen LogP contribution < -0.4 is 5.32 Å². The van der Waals surface area contributed by atoms with E-state index in [-0.39, 0.29) is 17.9 Å². The van der Waals surface area contributed by atoms with Crippen LogP contribution in [0.1, 0.15) is 43.2 Å². The van der Waals surface area contributed by atoms with E-state index < -0.39 is 0 Å². The number of carbonyl (C=O) groups is 1. The Morgan fingerprint density at radius 2 is 2.28 bits per heavy atom. The number of aliphatic hydroxyl groups is 1. The van der Waals surface area contributed by atoms with Crippen LogP contribution in [0.4, 0.5) is 0 Å². The predicted molar refractivity (Wildman–Crippen MR) is 70.9 cm³/mol. The Morgan fingerprint density at radius 1 is 1.61 bits per heavy atom. The average molecular weight is 271 g/mol. The van der Waals surface area contributed by atoms with Gasteiger partial charge in [-0.05, 0) is 18.9 Å². The highest BCUT2D eigenvalue weighted by molar-refractivity contribution is 6.31. The summed E-state index contributed by atoms with van der Waals surface area (Å²) >= 11 is 5.96. The fraction of sp³-hybridized carbons (Fsp3) is 0.615. The Hall–Kier alpha value is -1.00. The minimum Gasteiger partial charge on any atom is -0.396 e. The molecule has 1 aromatic heterocycles. The largest absolute Gasteiger partial charge is 0.396 e. The number of hydrogen-bond donors (Lipinski definition) is 2. The first-order valence-electron chi connectivity index (χ1n) is 6.19. The van der Waals surface area contributed by atoms with Crippen LogP contribution in [0.25, 0.3) is 0 Å². The normalized spacial score (nSPS) is 15.8. The van der Waals surface area contributed by atoms with Gasteiger partial charge in [-0.15, -0.1) is 0 Å². The third kappa shape index (κ3) is 3.06. The first-order valence-corrected chi connectivity index (χ1v) is 6.57. The summed E-state index contributed by atoms with van der Waals surface area (Å²) in [5.41, 5.74) is 0.299. The summed E-state index contributed by atoms with van der Waals surface area (Å²) < 4.78 is 1.95. The van der Waals surface area contributed by atoms with Crippen molar-refractivity contribution in [3.05, 3.63) is 23.0 Å². The van der Waals surface area contributed by atoms with Crippen LogP contribution in [-0.2, 0) is 0 Å². The molecule has 0 saturated heterocycles. The molecular formula is C13H19ClN2O2. The van der Waals surface area contributed by atoms with E-state index in [2.05, 4.69) is 5.32 Å². The Labute approximate surface area is 112 Å². The number of aromatic nitrogens is 1. The van der Waals surface area contributed by atoms with Crippen molar-refractivity contribution in [1.82, 2.24) is 9.88 Å². The van der Waals surface area contributed by atoms with Crippen molar-refractivity contribution in [1.29, 1.82) is 0 Å². The van der Waals surface area contributed by atoms with Crippen LogP contribution in [-0.4, -0.2) is 28.7 Å². The van der Waals surface area contributed by atoms with E-state index in [4.69, 9.17) is 16.7 Å². The zero-order valence-corrected chi connectivity index (χ0v) is 11.5. The van der Waals surface area contributed by atoms with E-state index in [0.717, 1.165) is 12.8 Å². The van der Waals surface area contributed by atoms with Gasteiger partial charge in [0.2, 0.25) is 0 Å². The third-order valence-corrected chi connectivity index (χ3v) is 3.35. The van der Waals surface area contributed by atoms with Gasteiger partial charge in [0.25, 0.3) is 5.91 Å². The number of carbonyl (C=O) groups excluding carboxylic acids is 1. The average Bonchev–Trinajstić information content (AvgIpc) is 3.09. The first kappa shape index (κ1) is 13.4. The number of rotatable bonds is 5. The van der Waals surface area contributed by atoms with Gasteiger partial charge >= 0.3 is 0 Å². The van der Waals surface area contributed by atoms with Gasteiger partial charge in [0.15, 0.2) is 0 Å². The Kier molecular flexibility index (Phi) is 3.69. The molecule has 1 aliphatic carbocycles. The van der Waals surface area contributed by atoms with Gasteiger partial charge in [-0.25, -0.2) is 0 Å². The van der Waals surface area contributed by atoms with E-state index in [1.54, 1.807) is 6.07 Å². The van der Waals surface area contributed by atoms with E-state index in [1.807, 2.05) is 24.6 Å². The molecule has 1 amide bonds. The monoisotopic (exact) mass is 270 g/mol. The number of aliphatic hydroxyl groups excluding tert-OH is 1. The van der Waals surface area contributed by atoms with Crippen molar-refractivity contribution in [3.8, 4) is 0 Å². The highest BCUT2D eigenvalue weighted by atomic mass is 35.5. The lowest BCUT2D eigenvalue weighted by atomic mass is 9.95. The molecule has 18 heavy (non-hydrogen) atoms. The van der Waals surface area contributed by atoms with Crippen LogP contribution in [0.2, 0.25) is 5.02 Å². The second kappa shape index (κ2) is 4.94. The van der Waals surface area contributed by atoms with Gasteiger partial charge in [-0.1, -0.05) is 25.4 Å². The predicted octanol–water partition coefficient (Wildman–Crippen LogP) is 2.22. The summed E-state index contributed by atoms with van der Waals surface area (Å²) in [6, 6.07) is 2.12. The van der Waals surface area contributed by atoms with E-state index in [9.17, 15) is 4.79 Å². The maximum atomic E-state index is 12.1. The highest BCUT2D eigenvalue weighted by Crippen LogP contribution is 2.37. The van der Waals surface area contributed by atoms with Crippen LogP contribution in [0.3, 0.4) is 0 Å². The third-order valence-electron chi connectivity index (χ3n) is 3.14. The molecule has 0 bridgehead atoms. The highest BCUT2D eigenvalue weighted by Gasteiger charge is 2.28. The molecule has 0 aliphatic heterocycles. The van der Waals surface area contributed by atoms with Gasteiger partial charge in [0.05, 0.1) is 5.02 Å². The van der Waals surface area contributed by atoms with Crippen molar-refractivity contribution in [2.45, 2.75) is 32.7 Å². The Balaban J connectivity index is 2.04. The lowest BCUT2D eigenvalue weighted by Gasteiger charge is -2.22. The van der Waals surface area contributed by atoms with Crippen molar-refractivity contribution < 1.29 is 9.90 Å². The van der Waals surface area contributed by atoms with Crippen LogP contribution in [0.15, 0.2) is 12.3 Å². The molecule has 100 valence electrons. The van der Waals surface area contributed by atoms with Crippen LogP contribution in [0, 0.1) is 5.41 Å². The number of nitrogens with zero attached hydrogens (tertiary/aromatic N) is 1. The van der Waals surface area contributed by atoms with Crippen molar-refractivity contribution >= 4 is 17.5 Å². The summed E-state index contributed by atoms with van der Waals surface area (Å²) in [6.45, 7) is 4.29. The molecule has 2 N–H and O–H groups in total. The van der Waals surface area contributed by atoms with Gasteiger partial charge < -0.3 is 15.0 Å². The quantitative estimate of drug-likeness (QED) is 0.862. The molecular weight excluding hydrogens is 252 g/mol. The minimum absolute atomic E-state index is 0.0394. The fourth-order valence-electron chi connectivity index (χ4n) is 1.75. The number of halogens is 1. The second-order valence-electron chi connectivity index (χ2n) is 5.69. The molecule has 0 radical (unpaired) electrons. The standard InChI is InChI=1S/C13H19ClN2O2/c1-13(2,8-17)7-15-12(18)11-5-9(14)6-16(11)10-3-4-10/h5-6,10,17H,3-4,7-8H2,1-2H3,(H,15,18). The summed E-state index contributed by atoms with van der Waals surface area (Å²) in [6.07, 6.45) is 4.02. The van der Waals surface area contributed by atoms with E-state index in [1.165, 1.54) is 0 Å². The second-order valence-corrected chi connectivity index (χ2v) is 6.12. The molecule has 0 spiro atoms. The number of hydrogen-bond acceptors (Lipinski definition) is 2. The zero-order valence-electron chi connectivity index (χ0n) is 10.7. The van der Waals surface area contributed by atoms with Crippen molar-refractivity contribution in [2.75, 3.05) is 13.2 Å². The number of nitrogens with one attached hydrogen (secondary N) is 1. The molecule has 1 aliphatic rings. The van der Waals surface area contributed by atoms with E-state index in [0.29, 0.717) is 23.3 Å². The summed E-state index contributed by atoms with van der Waals surface area (Å²) in [5, 5.41) is 12.6. The smallest absolute Gasteiger partial charge is 0.267 e. The SMILES string of the molecule is CC(C)(CO)CNC(=O)c1cc(Cl)cn1C1CC1. The molecule has 1 aromatic rings. The molecule has 4 nitrogen and oxygen atoms in total. The first-order chi connectivity index (χ1) is 8.43. The molecule has 1 saturated carbocycles. The van der Waals surface area contributed by atoms with Gasteiger partial charge in [0.1, 0.15) is 5.69 Å². The summed E-state index contributed by atoms with van der Waals surface area (Å²) in [7, 11) is 0. The maximum Gasteiger partial charge on any atom is 0.267 e. The van der Waals surface area contributed by atoms with Gasteiger partial charge in [-0.3, -0.25) is 4.79 Å². The Bertz CT molecular complexity index is 450. The lowest BCUT2D eigenvalue weighted by molar-refractivity contribution is 0.0901. The molecule has 0 unspecified atom stereocenters. The van der Waals surface area contributed by atoms with Gasteiger partial charge in [0, 0.05) is 30.8 Å². The minimum atomic E-state index is -0.309. The molecule has 1 heterocycles. The van der Waals surface area contributed by atoms with Crippen molar-refractivity contribution in [3.63, 3.8) is 0 Å². The Morgan fingerprint density at radius 3 is 2.83 bits per heavy atom. The number of amides is 1. The summed E-state index contributed by atoms with van der Waals surface area (Å²) in [4.78, 5) is 12.1. The maximum absolute atomic E-state index is 12.1. The molecule has 2 rings (SSSR count). The van der Waals surface area contributed by atoms with Crippen molar-refractivity contribution in [2.24, 2.45) is 5.41 Å². The van der Waals surface area contributed by atoms with Crippen LogP contribution >= 0.6 is 11.6 Å². The lowest BCUT2D eigenvalue weighted by Crippen LogP contribution is -2.36. The van der Waals surface area contributed by atoms with Gasteiger partial charge in [-0.2, -0.15) is 0 Å². The fourth-order valence-corrected chi connectivity index (χ4v) is 1.96. The van der Waals surface area contributed by atoms with Crippen LogP contribution in [0.5, 0.6) is 0 Å². The van der Waals surface area contributed by atoms with E-state index >= 15 is 0 Å².